The number of rotatable bonds is 3. The van der Waals surface area contributed by atoms with Crippen molar-refractivity contribution in [2.45, 2.75) is 13.3 Å². The molecule has 0 aromatic heterocycles. The molecular formula is C17H18O2. The maximum atomic E-state index is 11.7. The summed E-state index contributed by atoms with van der Waals surface area (Å²) in [4.78, 5) is 11.7. The smallest absolute Gasteiger partial charge is 0.334 e. The standard InChI is InChI=1S/C17H18O2/c1-13-8-11-16(17(18)19-2)15(12-13)10-9-14-6-4-3-5-7-14/h3-11,15H,12H2,1-2H3/b10-9+. The van der Waals surface area contributed by atoms with Crippen LogP contribution in [-0.2, 0) is 9.53 Å². The summed E-state index contributed by atoms with van der Waals surface area (Å²) < 4.78 is 4.84. The number of hydrogen-bond donors (Lipinski definition) is 0. The van der Waals surface area contributed by atoms with Crippen LogP contribution in [0.2, 0.25) is 0 Å². The molecule has 2 nitrogen and oxygen atoms in total. The van der Waals surface area contributed by atoms with Crippen molar-refractivity contribution in [2.24, 2.45) is 5.92 Å². The number of allylic oxidation sites excluding steroid dienone is 4. The molecule has 1 aromatic rings. The zero-order valence-electron chi connectivity index (χ0n) is 11.3. The van der Waals surface area contributed by atoms with E-state index in [4.69, 9.17) is 4.74 Å². The summed E-state index contributed by atoms with van der Waals surface area (Å²) in [6, 6.07) is 10.1. The molecule has 1 atom stereocenters. The van der Waals surface area contributed by atoms with Crippen molar-refractivity contribution in [1.29, 1.82) is 0 Å². The molecule has 1 unspecified atom stereocenters. The molecule has 2 heteroatoms. The fourth-order valence-corrected chi connectivity index (χ4v) is 2.18. The first-order valence-electron chi connectivity index (χ1n) is 6.39. The predicted molar refractivity (Wildman–Crippen MR) is 77.4 cm³/mol. The minimum atomic E-state index is -0.244. The number of carbonyl (C=O) groups is 1. The predicted octanol–water partition coefficient (Wildman–Crippen LogP) is 3.77. The van der Waals surface area contributed by atoms with Crippen LogP contribution >= 0.6 is 0 Å². The first-order valence-corrected chi connectivity index (χ1v) is 6.39. The fourth-order valence-electron chi connectivity index (χ4n) is 2.18. The maximum Gasteiger partial charge on any atom is 0.334 e. The van der Waals surface area contributed by atoms with Crippen molar-refractivity contribution in [3.8, 4) is 0 Å². The van der Waals surface area contributed by atoms with E-state index in [2.05, 4.69) is 19.1 Å². The summed E-state index contributed by atoms with van der Waals surface area (Å²) in [6.07, 6.45) is 8.85. The van der Waals surface area contributed by atoms with Crippen molar-refractivity contribution in [2.75, 3.05) is 7.11 Å². The fraction of sp³-hybridized carbons (Fsp3) is 0.235. The van der Waals surface area contributed by atoms with Crippen LogP contribution in [0.5, 0.6) is 0 Å². The first-order chi connectivity index (χ1) is 9.20. The summed E-state index contributed by atoms with van der Waals surface area (Å²) in [5.41, 5.74) is 3.13. The van der Waals surface area contributed by atoms with E-state index in [1.165, 1.54) is 12.7 Å². The first kappa shape index (κ1) is 13.3. The third-order valence-corrected chi connectivity index (χ3v) is 3.23. The SMILES string of the molecule is COC(=O)C1=CC=C(C)CC1/C=C/c1ccccc1. The van der Waals surface area contributed by atoms with Gasteiger partial charge in [-0.2, -0.15) is 0 Å². The van der Waals surface area contributed by atoms with Gasteiger partial charge in [0, 0.05) is 11.5 Å². The Hall–Kier alpha value is -2.09. The van der Waals surface area contributed by atoms with Gasteiger partial charge in [0.05, 0.1) is 7.11 Å². The highest BCUT2D eigenvalue weighted by Crippen LogP contribution is 2.27. The number of carbonyl (C=O) groups excluding carboxylic acids is 1. The Bertz CT molecular complexity index is 536. The topological polar surface area (TPSA) is 26.3 Å². The quantitative estimate of drug-likeness (QED) is 0.768. The Kier molecular flexibility index (Phi) is 4.35. The monoisotopic (exact) mass is 254 g/mol. The highest BCUT2D eigenvalue weighted by Gasteiger charge is 2.21. The lowest BCUT2D eigenvalue weighted by molar-refractivity contribution is -0.136. The molecule has 0 heterocycles. The Balaban J connectivity index is 2.19. The Labute approximate surface area is 114 Å². The summed E-state index contributed by atoms with van der Waals surface area (Å²) in [7, 11) is 1.42. The van der Waals surface area contributed by atoms with Crippen molar-refractivity contribution in [3.05, 3.63) is 65.3 Å². The summed E-state index contributed by atoms with van der Waals surface area (Å²) in [6.45, 7) is 2.08. The van der Waals surface area contributed by atoms with Crippen LogP contribution in [0.1, 0.15) is 18.9 Å². The van der Waals surface area contributed by atoms with Gasteiger partial charge in [-0.1, -0.05) is 60.2 Å². The number of benzene rings is 1. The molecule has 1 aromatic carbocycles. The van der Waals surface area contributed by atoms with E-state index in [0.717, 1.165) is 17.6 Å². The van der Waals surface area contributed by atoms with Gasteiger partial charge < -0.3 is 4.74 Å². The van der Waals surface area contributed by atoms with Crippen LogP contribution in [0, 0.1) is 5.92 Å². The lowest BCUT2D eigenvalue weighted by Crippen LogP contribution is -2.15. The number of esters is 1. The van der Waals surface area contributed by atoms with E-state index in [1.54, 1.807) is 0 Å². The largest absolute Gasteiger partial charge is 0.466 e. The average molecular weight is 254 g/mol. The summed E-state index contributed by atoms with van der Waals surface area (Å²) in [5, 5.41) is 0. The van der Waals surface area contributed by atoms with E-state index >= 15 is 0 Å². The molecule has 0 saturated carbocycles. The Morgan fingerprint density at radius 2 is 2.00 bits per heavy atom. The van der Waals surface area contributed by atoms with E-state index < -0.39 is 0 Å². The molecule has 0 aliphatic heterocycles. The maximum absolute atomic E-state index is 11.7. The minimum Gasteiger partial charge on any atom is -0.466 e. The Morgan fingerprint density at radius 3 is 2.68 bits per heavy atom. The molecule has 98 valence electrons. The van der Waals surface area contributed by atoms with Gasteiger partial charge in [0.1, 0.15) is 0 Å². The van der Waals surface area contributed by atoms with Gasteiger partial charge >= 0.3 is 5.97 Å². The number of methoxy groups -OCH3 is 1. The second kappa shape index (κ2) is 6.19. The van der Waals surface area contributed by atoms with E-state index in [-0.39, 0.29) is 11.9 Å². The van der Waals surface area contributed by atoms with Crippen LogP contribution in [0.4, 0.5) is 0 Å². The zero-order chi connectivity index (χ0) is 13.7. The van der Waals surface area contributed by atoms with Crippen LogP contribution in [0.15, 0.2) is 59.7 Å². The van der Waals surface area contributed by atoms with Crippen molar-refractivity contribution in [3.63, 3.8) is 0 Å². The summed E-state index contributed by atoms with van der Waals surface area (Å²) in [5.74, 6) is -0.149. The van der Waals surface area contributed by atoms with Gasteiger partial charge in [0.15, 0.2) is 0 Å². The molecule has 1 aliphatic carbocycles. The molecule has 1 aliphatic rings. The minimum absolute atomic E-state index is 0.0951. The lowest BCUT2D eigenvalue weighted by Gasteiger charge is -2.19. The molecule has 19 heavy (non-hydrogen) atoms. The zero-order valence-corrected chi connectivity index (χ0v) is 11.3. The Morgan fingerprint density at radius 1 is 1.26 bits per heavy atom. The second-order valence-corrected chi connectivity index (χ2v) is 4.71. The van der Waals surface area contributed by atoms with Gasteiger partial charge in [-0.05, 0) is 18.9 Å². The van der Waals surface area contributed by atoms with Gasteiger partial charge in [-0.25, -0.2) is 4.79 Å². The second-order valence-electron chi connectivity index (χ2n) is 4.71. The van der Waals surface area contributed by atoms with Crippen molar-refractivity contribution < 1.29 is 9.53 Å². The van der Waals surface area contributed by atoms with Crippen LogP contribution in [0.3, 0.4) is 0 Å². The lowest BCUT2D eigenvalue weighted by atomic mass is 9.87. The molecule has 0 N–H and O–H groups in total. The number of ether oxygens (including phenoxy) is 1. The van der Waals surface area contributed by atoms with Crippen molar-refractivity contribution >= 4 is 12.0 Å². The molecule has 0 amide bonds. The molecule has 0 bridgehead atoms. The van der Waals surface area contributed by atoms with E-state index in [0.29, 0.717) is 0 Å². The van der Waals surface area contributed by atoms with Crippen LogP contribution in [-0.4, -0.2) is 13.1 Å². The number of hydrogen-bond acceptors (Lipinski definition) is 2. The van der Waals surface area contributed by atoms with Crippen molar-refractivity contribution in [1.82, 2.24) is 0 Å². The highest BCUT2D eigenvalue weighted by molar-refractivity contribution is 5.90. The average Bonchev–Trinajstić information content (AvgIpc) is 2.45. The third-order valence-electron chi connectivity index (χ3n) is 3.23. The van der Waals surface area contributed by atoms with Gasteiger partial charge in [0.25, 0.3) is 0 Å². The van der Waals surface area contributed by atoms with E-state index in [1.807, 2.05) is 42.5 Å². The molecule has 2 rings (SSSR count). The van der Waals surface area contributed by atoms with E-state index in [9.17, 15) is 4.79 Å². The molecule has 0 saturated heterocycles. The normalized spacial score (nSPS) is 18.9. The van der Waals surface area contributed by atoms with Gasteiger partial charge in [-0.3, -0.25) is 0 Å². The summed E-state index contributed by atoms with van der Waals surface area (Å²) >= 11 is 0. The highest BCUT2D eigenvalue weighted by atomic mass is 16.5. The molecule has 0 radical (unpaired) electrons. The molecule has 0 fully saturated rings. The molecular weight excluding hydrogens is 236 g/mol. The van der Waals surface area contributed by atoms with Gasteiger partial charge in [-0.15, -0.1) is 0 Å². The van der Waals surface area contributed by atoms with Gasteiger partial charge in [0.2, 0.25) is 0 Å². The molecule has 0 spiro atoms. The third kappa shape index (κ3) is 3.44. The van der Waals surface area contributed by atoms with Crippen LogP contribution < -0.4 is 0 Å². The van der Waals surface area contributed by atoms with Crippen LogP contribution in [0.25, 0.3) is 6.08 Å².